The number of anilines is 1. The van der Waals surface area contributed by atoms with Gasteiger partial charge in [0.05, 0.1) is 12.5 Å². The van der Waals surface area contributed by atoms with Gasteiger partial charge in [0.1, 0.15) is 24.1 Å². The van der Waals surface area contributed by atoms with Crippen molar-refractivity contribution in [3.05, 3.63) is 30.1 Å². The van der Waals surface area contributed by atoms with E-state index in [0.717, 1.165) is 12.8 Å². The quantitative estimate of drug-likeness (QED) is 0.582. The molecule has 160 valence electrons. The second-order valence-electron chi connectivity index (χ2n) is 7.81. The topological polar surface area (TPSA) is 111 Å². The van der Waals surface area contributed by atoms with Crippen molar-refractivity contribution >= 4 is 17.6 Å². The fourth-order valence-corrected chi connectivity index (χ4v) is 3.66. The molecule has 4 unspecified atom stereocenters. The lowest BCUT2D eigenvalue weighted by Crippen LogP contribution is -2.42. The fourth-order valence-electron chi connectivity index (χ4n) is 3.66. The van der Waals surface area contributed by atoms with Crippen molar-refractivity contribution < 1.29 is 28.9 Å². The molecule has 2 saturated heterocycles. The Labute approximate surface area is 169 Å². The van der Waals surface area contributed by atoms with Crippen LogP contribution in [0.4, 0.5) is 14.9 Å². The molecule has 0 aromatic heterocycles. The van der Waals surface area contributed by atoms with Crippen molar-refractivity contribution in [3.63, 3.8) is 0 Å². The van der Waals surface area contributed by atoms with E-state index >= 15 is 0 Å². The molecule has 0 aliphatic carbocycles. The standard InChI is InChI=1S/C20H28FN3O5/c1-12-5-7-24(8-6-12)17(25)10-15-18(26)19(27)16(29-15)11-22-20(28)23-14-4-2-3-13(21)9-14/h2-4,9,12,15-16,18-19,26-27H,5-8,10-11H2,1H3,(H2,22,23,28). The molecule has 0 bridgehead atoms. The Balaban J connectivity index is 1.46. The minimum absolute atomic E-state index is 0.0153. The number of carbonyl (C=O) groups is 2. The van der Waals surface area contributed by atoms with Crippen molar-refractivity contribution in [1.82, 2.24) is 10.2 Å². The van der Waals surface area contributed by atoms with Gasteiger partial charge in [0.25, 0.3) is 0 Å². The number of nitrogens with one attached hydrogen (secondary N) is 2. The van der Waals surface area contributed by atoms with E-state index in [4.69, 9.17) is 4.74 Å². The lowest BCUT2D eigenvalue weighted by molar-refractivity contribution is -0.136. The van der Waals surface area contributed by atoms with E-state index in [2.05, 4.69) is 17.6 Å². The van der Waals surface area contributed by atoms with Crippen LogP contribution in [0.2, 0.25) is 0 Å². The molecule has 4 atom stereocenters. The van der Waals surface area contributed by atoms with Crippen molar-refractivity contribution in [2.45, 2.75) is 50.6 Å². The molecule has 29 heavy (non-hydrogen) atoms. The molecular weight excluding hydrogens is 381 g/mol. The maximum atomic E-state index is 13.2. The van der Waals surface area contributed by atoms with E-state index in [-0.39, 0.29) is 24.6 Å². The number of aliphatic hydroxyl groups excluding tert-OH is 2. The Bertz CT molecular complexity index is 726. The number of halogens is 1. The normalized spacial score (nSPS) is 27.7. The highest BCUT2D eigenvalue weighted by Crippen LogP contribution is 2.25. The predicted molar refractivity (Wildman–Crippen MR) is 104 cm³/mol. The molecule has 3 amide bonds. The molecule has 2 aliphatic rings. The van der Waals surface area contributed by atoms with Crippen LogP contribution in [0.3, 0.4) is 0 Å². The number of ether oxygens (including phenoxy) is 1. The second kappa shape index (κ2) is 9.51. The smallest absolute Gasteiger partial charge is 0.319 e. The molecule has 2 fully saturated rings. The predicted octanol–water partition coefficient (Wildman–Crippen LogP) is 1.08. The largest absolute Gasteiger partial charge is 0.388 e. The van der Waals surface area contributed by atoms with Crippen LogP contribution >= 0.6 is 0 Å². The highest BCUT2D eigenvalue weighted by atomic mass is 19.1. The van der Waals surface area contributed by atoms with Crippen LogP contribution in [-0.2, 0) is 9.53 Å². The van der Waals surface area contributed by atoms with Gasteiger partial charge in [-0.2, -0.15) is 0 Å². The van der Waals surface area contributed by atoms with Gasteiger partial charge in [-0.1, -0.05) is 13.0 Å². The van der Waals surface area contributed by atoms with Crippen LogP contribution in [0.5, 0.6) is 0 Å². The number of rotatable bonds is 5. The molecule has 0 spiro atoms. The molecule has 2 heterocycles. The summed E-state index contributed by atoms with van der Waals surface area (Å²) < 4.78 is 18.8. The van der Waals surface area contributed by atoms with E-state index in [1.807, 2.05) is 0 Å². The number of amides is 3. The minimum Gasteiger partial charge on any atom is -0.388 e. The third-order valence-corrected chi connectivity index (χ3v) is 5.52. The summed E-state index contributed by atoms with van der Waals surface area (Å²) in [4.78, 5) is 26.2. The number of likely N-dealkylation sites (tertiary alicyclic amines) is 1. The molecule has 9 heteroatoms. The first-order valence-corrected chi connectivity index (χ1v) is 9.93. The second-order valence-corrected chi connectivity index (χ2v) is 7.81. The molecule has 0 saturated carbocycles. The summed E-state index contributed by atoms with van der Waals surface area (Å²) >= 11 is 0. The van der Waals surface area contributed by atoms with Gasteiger partial charge in [-0.25, -0.2) is 9.18 Å². The van der Waals surface area contributed by atoms with Gasteiger partial charge in [0, 0.05) is 25.3 Å². The minimum atomic E-state index is -1.22. The summed E-state index contributed by atoms with van der Waals surface area (Å²) in [6.07, 6.45) is -2.20. The molecule has 2 aliphatic heterocycles. The average molecular weight is 409 g/mol. The molecule has 8 nitrogen and oxygen atoms in total. The van der Waals surface area contributed by atoms with Gasteiger partial charge < -0.3 is 30.5 Å². The van der Waals surface area contributed by atoms with Crippen LogP contribution in [0.25, 0.3) is 0 Å². The number of carbonyl (C=O) groups excluding carboxylic acids is 2. The van der Waals surface area contributed by atoms with E-state index in [1.54, 1.807) is 4.90 Å². The summed E-state index contributed by atoms with van der Waals surface area (Å²) in [5.74, 6) is 0.0184. The van der Waals surface area contributed by atoms with E-state index < -0.39 is 36.3 Å². The Morgan fingerprint density at radius 1 is 1.21 bits per heavy atom. The van der Waals surface area contributed by atoms with Gasteiger partial charge in [0.15, 0.2) is 0 Å². The summed E-state index contributed by atoms with van der Waals surface area (Å²) in [5.41, 5.74) is 0.287. The zero-order valence-electron chi connectivity index (χ0n) is 16.4. The Kier molecular flexibility index (Phi) is 7.05. The summed E-state index contributed by atoms with van der Waals surface area (Å²) in [5, 5.41) is 25.4. The maximum Gasteiger partial charge on any atom is 0.319 e. The number of hydrogen-bond donors (Lipinski definition) is 4. The highest BCUT2D eigenvalue weighted by molar-refractivity contribution is 5.89. The van der Waals surface area contributed by atoms with Crippen LogP contribution in [0, 0.1) is 11.7 Å². The van der Waals surface area contributed by atoms with Gasteiger partial charge in [0.2, 0.25) is 5.91 Å². The lowest BCUT2D eigenvalue weighted by atomic mass is 9.98. The van der Waals surface area contributed by atoms with Gasteiger partial charge in [-0.3, -0.25) is 4.79 Å². The van der Waals surface area contributed by atoms with E-state index in [1.165, 1.54) is 24.3 Å². The molecule has 3 rings (SSSR count). The van der Waals surface area contributed by atoms with Crippen LogP contribution in [0.15, 0.2) is 24.3 Å². The first-order chi connectivity index (χ1) is 13.8. The molecule has 1 aromatic carbocycles. The number of piperidine rings is 1. The highest BCUT2D eigenvalue weighted by Gasteiger charge is 2.43. The SMILES string of the molecule is CC1CCN(C(=O)CC2OC(CNC(=O)Nc3cccc(F)c3)C(O)C2O)CC1. The first kappa shape index (κ1) is 21.5. The van der Waals surface area contributed by atoms with Crippen molar-refractivity contribution in [1.29, 1.82) is 0 Å². The summed E-state index contributed by atoms with van der Waals surface area (Å²) in [6.45, 7) is 3.47. The fraction of sp³-hybridized carbons (Fsp3) is 0.600. The summed E-state index contributed by atoms with van der Waals surface area (Å²) in [7, 11) is 0. The van der Waals surface area contributed by atoms with Crippen LogP contribution in [-0.4, -0.2) is 71.1 Å². The zero-order valence-corrected chi connectivity index (χ0v) is 16.4. The third kappa shape index (κ3) is 5.65. The molecule has 4 N–H and O–H groups in total. The number of aliphatic hydroxyl groups is 2. The Morgan fingerprint density at radius 3 is 2.59 bits per heavy atom. The van der Waals surface area contributed by atoms with Crippen molar-refractivity contribution in [3.8, 4) is 0 Å². The van der Waals surface area contributed by atoms with Crippen LogP contribution in [0.1, 0.15) is 26.2 Å². The van der Waals surface area contributed by atoms with E-state index in [9.17, 15) is 24.2 Å². The van der Waals surface area contributed by atoms with Crippen molar-refractivity contribution in [2.75, 3.05) is 25.0 Å². The van der Waals surface area contributed by atoms with Crippen LogP contribution < -0.4 is 10.6 Å². The number of benzene rings is 1. The van der Waals surface area contributed by atoms with E-state index in [0.29, 0.717) is 19.0 Å². The molecule has 1 aromatic rings. The maximum absolute atomic E-state index is 13.2. The lowest BCUT2D eigenvalue weighted by Gasteiger charge is -2.31. The summed E-state index contributed by atoms with van der Waals surface area (Å²) in [6, 6.07) is 4.85. The average Bonchev–Trinajstić information content (AvgIpc) is 2.95. The molecular formula is C20H28FN3O5. The monoisotopic (exact) mass is 409 g/mol. The van der Waals surface area contributed by atoms with Gasteiger partial charge in [-0.05, 0) is 37.0 Å². The number of hydrogen-bond acceptors (Lipinski definition) is 5. The number of nitrogens with zero attached hydrogens (tertiary/aromatic N) is 1. The zero-order chi connectivity index (χ0) is 21.0. The van der Waals surface area contributed by atoms with Gasteiger partial charge >= 0.3 is 6.03 Å². The number of urea groups is 1. The first-order valence-electron chi connectivity index (χ1n) is 9.93. The molecule has 0 radical (unpaired) electrons. The van der Waals surface area contributed by atoms with Crippen molar-refractivity contribution in [2.24, 2.45) is 5.92 Å². The van der Waals surface area contributed by atoms with Gasteiger partial charge in [-0.15, -0.1) is 0 Å². The Hall–Kier alpha value is -2.23. The Morgan fingerprint density at radius 2 is 1.90 bits per heavy atom. The third-order valence-electron chi connectivity index (χ3n) is 5.52.